The van der Waals surface area contributed by atoms with Crippen molar-refractivity contribution in [3.63, 3.8) is 0 Å². The maximum atomic E-state index is 12.2. The third kappa shape index (κ3) is 5.36. The Bertz CT molecular complexity index is 918. The van der Waals surface area contributed by atoms with Gasteiger partial charge >= 0.3 is 0 Å². The molecule has 136 valence electrons. The van der Waals surface area contributed by atoms with Gasteiger partial charge < -0.3 is 10.1 Å². The summed E-state index contributed by atoms with van der Waals surface area (Å²) >= 11 is 0. The van der Waals surface area contributed by atoms with Gasteiger partial charge in [0, 0.05) is 11.3 Å². The number of hydrogen-bond acceptors (Lipinski definition) is 3. The topological polar surface area (TPSA) is 55.4 Å². The number of hydrogen-bond donors (Lipinski definition) is 1. The molecule has 3 aromatic carbocycles. The highest BCUT2D eigenvalue weighted by molar-refractivity contribution is 5.98. The summed E-state index contributed by atoms with van der Waals surface area (Å²) in [4.78, 5) is 24.1. The molecule has 0 aliphatic carbocycles. The molecule has 0 aliphatic heterocycles. The maximum absolute atomic E-state index is 12.2. The number of amides is 1. The van der Waals surface area contributed by atoms with Crippen molar-refractivity contribution in [2.24, 2.45) is 0 Å². The lowest BCUT2D eigenvalue weighted by Crippen LogP contribution is -2.21. The van der Waals surface area contributed by atoms with Crippen LogP contribution in [-0.2, 0) is 9.53 Å². The summed E-state index contributed by atoms with van der Waals surface area (Å²) < 4.78 is 5.27. The van der Waals surface area contributed by atoms with Gasteiger partial charge in [0.2, 0.25) is 5.91 Å². The fourth-order valence-electron chi connectivity index (χ4n) is 2.72. The lowest BCUT2D eigenvalue weighted by molar-refractivity contribution is -0.120. The van der Waals surface area contributed by atoms with Gasteiger partial charge in [0.15, 0.2) is 5.78 Å². The van der Waals surface area contributed by atoms with Crippen molar-refractivity contribution in [1.29, 1.82) is 0 Å². The lowest BCUT2D eigenvalue weighted by atomic mass is 10.0. The van der Waals surface area contributed by atoms with E-state index in [2.05, 4.69) is 5.32 Å². The van der Waals surface area contributed by atoms with Gasteiger partial charge in [0.1, 0.15) is 13.2 Å². The normalized spacial score (nSPS) is 10.4. The highest BCUT2D eigenvalue weighted by Crippen LogP contribution is 2.19. The van der Waals surface area contributed by atoms with Crippen LogP contribution in [0.2, 0.25) is 0 Å². The van der Waals surface area contributed by atoms with Gasteiger partial charge in [-0.15, -0.1) is 0 Å². The molecule has 0 aromatic heterocycles. The predicted molar refractivity (Wildman–Crippen MR) is 107 cm³/mol. The monoisotopic (exact) mass is 359 g/mol. The van der Waals surface area contributed by atoms with Crippen molar-refractivity contribution in [1.82, 2.24) is 0 Å². The summed E-state index contributed by atoms with van der Waals surface area (Å²) in [7, 11) is 0. The zero-order valence-corrected chi connectivity index (χ0v) is 15.1. The van der Waals surface area contributed by atoms with E-state index in [1.165, 1.54) is 0 Å². The molecule has 1 N–H and O–H groups in total. The minimum absolute atomic E-state index is 0.133. The van der Waals surface area contributed by atoms with E-state index < -0.39 is 0 Å². The van der Waals surface area contributed by atoms with Crippen LogP contribution in [0.1, 0.15) is 15.9 Å². The van der Waals surface area contributed by atoms with Crippen molar-refractivity contribution in [2.75, 3.05) is 18.5 Å². The number of carbonyl (C=O) groups is 2. The van der Waals surface area contributed by atoms with Crippen molar-refractivity contribution in [3.05, 3.63) is 90.0 Å². The number of benzene rings is 3. The van der Waals surface area contributed by atoms with E-state index in [0.717, 1.165) is 16.7 Å². The van der Waals surface area contributed by atoms with Crippen molar-refractivity contribution < 1.29 is 14.3 Å². The van der Waals surface area contributed by atoms with Crippen LogP contribution in [0.25, 0.3) is 11.1 Å². The fourth-order valence-corrected chi connectivity index (χ4v) is 2.72. The number of rotatable bonds is 7. The first kappa shape index (κ1) is 18.5. The molecule has 3 aromatic rings. The molecule has 4 heteroatoms. The Labute approximate surface area is 158 Å². The van der Waals surface area contributed by atoms with Crippen molar-refractivity contribution in [3.8, 4) is 11.1 Å². The van der Waals surface area contributed by atoms with Gasteiger partial charge in [-0.3, -0.25) is 9.59 Å². The van der Waals surface area contributed by atoms with Gasteiger partial charge in [-0.2, -0.15) is 0 Å². The number of anilines is 1. The first-order chi connectivity index (χ1) is 13.1. The highest BCUT2D eigenvalue weighted by Gasteiger charge is 2.09. The average molecular weight is 359 g/mol. The average Bonchev–Trinajstić information content (AvgIpc) is 2.69. The van der Waals surface area contributed by atoms with E-state index in [9.17, 15) is 9.59 Å². The second-order valence-corrected chi connectivity index (χ2v) is 6.28. The first-order valence-corrected chi connectivity index (χ1v) is 8.75. The molecule has 1 amide bonds. The summed E-state index contributed by atoms with van der Waals surface area (Å²) in [6, 6.07) is 24.8. The van der Waals surface area contributed by atoms with Gasteiger partial charge in [-0.25, -0.2) is 0 Å². The van der Waals surface area contributed by atoms with Gasteiger partial charge in [0.25, 0.3) is 0 Å². The van der Waals surface area contributed by atoms with E-state index in [-0.39, 0.29) is 24.9 Å². The van der Waals surface area contributed by atoms with E-state index in [1.54, 1.807) is 12.1 Å². The molecule has 0 aliphatic rings. The Balaban J connectivity index is 1.48. The van der Waals surface area contributed by atoms with Crippen molar-refractivity contribution >= 4 is 17.4 Å². The van der Waals surface area contributed by atoms with E-state index in [0.29, 0.717) is 11.3 Å². The summed E-state index contributed by atoms with van der Waals surface area (Å²) in [5, 5.41) is 2.75. The van der Waals surface area contributed by atoms with Crippen LogP contribution in [-0.4, -0.2) is 24.9 Å². The smallest absolute Gasteiger partial charge is 0.250 e. The number of ketones is 1. The van der Waals surface area contributed by atoms with Crippen LogP contribution < -0.4 is 5.32 Å². The summed E-state index contributed by atoms with van der Waals surface area (Å²) in [5.41, 5.74) is 4.48. The second kappa shape index (κ2) is 8.92. The van der Waals surface area contributed by atoms with E-state index in [1.807, 2.05) is 73.7 Å². The van der Waals surface area contributed by atoms with Gasteiger partial charge in [0.05, 0.1) is 0 Å². The molecule has 0 heterocycles. The minimum Gasteiger partial charge on any atom is -0.363 e. The largest absolute Gasteiger partial charge is 0.363 e. The molecule has 0 saturated carbocycles. The summed E-state index contributed by atoms with van der Waals surface area (Å²) in [6.45, 7) is 1.65. The highest BCUT2D eigenvalue weighted by atomic mass is 16.5. The Hall–Kier alpha value is -3.24. The minimum atomic E-state index is -0.284. The van der Waals surface area contributed by atoms with Crippen LogP contribution in [0, 0.1) is 6.92 Å². The molecular formula is C23H21NO3. The molecule has 0 spiro atoms. The van der Waals surface area contributed by atoms with Crippen LogP contribution in [0.15, 0.2) is 78.9 Å². The second-order valence-electron chi connectivity index (χ2n) is 6.28. The predicted octanol–water partition coefficient (Wildman–Crippen LogP) is 4.50. The molecule has 0 atom stereocenters. The Morgan fingerprint density at radius 1 is 0.815 bits per heavy atom. The van der Waals surface area contributed by atoms with Crippen LogP contribution in [0.4, 0.5) is 5.69 Å². The van der Waals surface area contributed by atoms with Crippen molar-refractivity contribution in [2.45, 2.75) is 6.92 Å². The fraction of sp³-hybridized carbons (Fsp3) is 0.130. The SMILES string of the molecule is Cc1cccc(NC(=O)COCC(=O)c2ccc(-c3ccccc3)cc2)c1. The molecular weight excluding hydrogens is 338 g/mol. The molecule has 0 unspecified atom stereocenters. The number of carbonyl (C=O) groups excluding carboxylic acids is 2. The number of Topliss-reactive ketones (excluding diaryl/α,β-unsaturated/α-hetero) is 1. The van der Waals surface area contributed by atoms with Crippen LogP contribution >= 0.6 is 0 Å². The molecule has 0 radical (unpaired) electrons. The molecule has 3 rings (SSSR count). The molecule has 0 bridgehead atoms. The number of nitrogens with one attached hydrogen (secondary N) is 1. The standard InChI is InChI=1S/C23H21NO3/c1-17-6-5-9-21(14-17)24-23(26)16-27-15-22(25)20-12-10-19(11-13-20)18-7-3-2-4-8-18/h2-14H,15-16H2,1H3,(H,24,26). The molecule has 27 heavy (non-hydrogen) atoms. The number of ether oxygens (including phenoxy) is 1. The van der Waals surface area contributed by atoms with Gasteiger partial charge in [-0.1, -0.05) is 66.7 Å². The zero-order valence-electron chi connectivity index (χ0n) is 15.1. The first-order valence-electron chi connectivity index (χ1n) is 8.75. The quantitative estimate of drug-likeness (QED) is 0.632. The Morgan fingerprint density at radius 2 is 1.52 bits per heavy atom. The maximum Gasteiger partial charge on any atom is 0.250 e. The molecule has 0 fully saturated rings. The summed E-state index contributed by atoms with van der Waals surface area (Å²) in [5.74, 6) is -0.439. The van der Waals surface area contributed by atoms with Gasteiger partial charge in [-0.05, 0) is 35.7 Å². The number of aryl methyl sites for hydroxylation is 1. The van der Waals surface area contributed by atoms with E-state index >= 15 is 0 Å². The molecule has 4 nitrogen and oxygen atoms in total. The third-order valence-corrected chi connectivity index (χ3v) is 4.08. The van der Waals surface area contributed by atoms with E-state index in [4.69, 9.17) is 4.74 Å². The Morgan fingerprint density at radius 3 is 2.22 bits per heavy atom. The zero-order chi connectivity index (χ0) is 19.1. The molecule has 0 saturated heterocycles. The Kier molecular flexibility index (Phi) is 6.13. The van der Waals surface area contributed by atoms with Crippen LogP contribution in [0.3, 0.4) is 0 Å². The summed E-state index contributed by atoms with van der Waals surface area (Å²) in [6.07, 6.45) is 0. The van der Waals surface area contributed by atoms with Crippen LogP contribution in [0.5, 0.6) is 0 Å². The lowest BCUT2D eigenvalue weighted by Gasteiger charge is -2.07. The third-order valence-electron chi connectivity index (χ3n) is 4.08.